The molecular formula is C8H13FN2. The molecule has 5 N–H and O–H groups in total. The zero-order valence-corrected chi connectivity index (χ0v) is 6.60. The van der Waals surface area contributed by atoms with E-state index in [1.54, 1.807) is 6.07 Å². The van der Waals surface area contributed by atoms with Gasteiger partial charge < -0.3 is 11.9 Å². The van der Waals surface area contributed by atoms with Gasteiger partial charge in [-0.2, -0.15) is 0 Å². The minimum absolute atomic E-state index is 0. The van der Waals surface area contributed by atoms with Crippen LogP contribution in [0.15, 0.2) is 18.2 Å². The second-order valence-corrected chi connectivity index (χ2v) is 2.20. The Morgan fingerprint density at radius 3 is 2.55 bits per heavy atom. The van der Waals surface area contributed by atoms with Crippen molar-refractivity contribution in [2.75, 3.05) is 5.73 Å². The predicted molar refractivity (Wildman–Crippen MR) is 45.2 cm³/mol. The van der Waals surface area contributed by atoms with E-state index in [4.69, 9.17) is 5.73 Å². The van der Waals surface area contributed by atoms with Crippen LogP contribution >= 0.6 is 0 Å². The fourth-order valence-electron chi connectivity index (χ4n) is 0.888. The Morgan fingerprint density at radius 1 is 1.45 bits per heavy atom. The zero-order chi connectivity index (χ0) is 7.56. The number of nitrogen functional groups attached to an aromatic ring is 1. The van der Waals surface area contributed by atoms with E-state index in [9.17, 15) is 4.39 Å². The summed E-state index contributed by atoms with van der Waals surface area (Å²) in [6, 6.07) is 4.48. The monoisotopic (exact) mass is 156 g/mol. The number of benzene rings is 1. The van der Waals surface area contributed by atoms with Gasteiger partial charge in [0.2, 0.25) is 0 Å². The zero-order valence-electron chi connectivity index (χ0n) is 6.60. The summed E-state index contributed by atoms with van der Waals surface area (Å²) in [6.45, 7) is 1.99. The Balaban J connectivity index is 0.000001000. The van der Waals surface area contributed by atoms with E-state index in [1.807, 2.05) is 6.92 Å². The molecule has 0 spiro atoms. The number of hydrogen-bond donors (Lipinski definition) is 2. The maximum absolute atomic E-state index is 12.4. The third-order valence-electron chi connectivity index (χ3n) is 1.49. The third kappa shape index (κ3) is 2.20. The maximum atomic E-state index is 12.4. The van der Waals surface area contributed by atoms with Crippen molar-refractivity contribution in [3.8, 4) is 0 Å². The molecule has 0 saturated heterocycles. The van der Waals surface area contributed by atoms with Gasteiger partial charge in [-0.1, -0.05) is 13.0 Å². The van der Waals surface area contributed by atoms with Crippen LogP contribution in [-0.2, 0) is 6.42 Å². The summed E-state index contributed by atoms with van der Waals surface area (Å²) in [7, 11) is 0. The van der Waals surface area contributed by atoms with Gasteiger partial charge in [0.05, 0.1) is 0 Å². The van der Waals surface area contributed by atoms with Crippen LogP contribution in [0, 0.1) is 5.82 Å². The molecule has 3 heteroatoms. The molecule has 0 amide bonds. The molecule has 2 nitrogen and oxygen atoms in total. The summed E-state index contributed by atoms with van der Waals surface area (Å²) in [4.78, 5) is 0. The van der Waals surface area contributed by atoms with Crippen LogP contribution in [0.25, 0.3) is 0 Å². The topological polar surface area (TPSA) is 61.0 Å². The highest BCUT2D eigenvalue weighted by molar-refractivity contribution is 5.46. The first-order chi connectivity index (χ1) is 4.74. The van der Waals surface area contributed by atoms with Crippen LogP contribution in [0.3, 0.4) is 0 Å². The number of aryl methyl sites for hydroxylation is 1. The van der Waals surface area contributed by atoms with Gasteiger partial charge >= 0.3 is 0 Å². The number of halogens is 1. The Labute approximate surface area is 65.8 Å². The molecule has 0 aromatic heterocycles. The number of hydrogen-bond acceptors (Lipinski definition) is 2. The lowest BCUT2D eigenvalue weighted by Crippen LogP contribution is -1.92. The van der Waals surface area contributed by atoms with Gasteiger partial charge in [0.25, 0.3) is 0 Å². The maximum Gasteiger partial charge on any atom is 0.125 e. The first kappa shape index (κ1) is 9.91. The fourth-order valence-corrected chi connectivity index (χ4v) is 0.888. The van der Waals surface area contributed by atoms with E-state index in [0.717, 1.165) is 12.0 Å². The van der Waals surface area contributed by atoms with E-state index in [1.165, 1.54) is 12.1 Å². The van der Waals surface area contributed by atoms with Crippen molar-refractivity contribution in [2.24, 2.45) is 0 Å². The SMILES string of the molecule is CCc1ccc(F)cc1N.N. The van der Waals surface area contributed by atoms with Crippen LogP contribution in [0.1, 0.15) is 12.5 Å². The highest BCUT2D eigenvalue weighted by Gasteiger charge is 1.96. The highest BCUT2D eigenvalue weighted by Crippen LogP contribution is 2.12. The first-order valence-electron chi connectivity index (χ1n) is 3.28. The smallest absolute Gasteiger partial charge is 0.125 e. The molecule has 62 valence electrons. The minimum atomic E-state index is -0.269. The van der Waals surface area contributed by atoms with E-state index in [-0.39, 0.29) is 12.0 Å². The molecular weight excluding hydrogens is 143 g/mol. The van der Waals surface area contributed by atoms with Gasteiger partial charge in [-0.25, -0.2) is 4.39 Å². The average Bonchev–Trinajstić information content (AvgIpc) is 1.88. The Morgan fingerprint density at radius 2 is 2.09 bits per heavy atom. The second kappa shape index (κ2) is 3.93. The summed E-state index contributed by atoms with van der Waals surface area (Å²) < 4.78 is 12.4. The molecule has 0 saturated carbocycles. The Bertz CT molecular complexity index is 236. The van der Waals surface area contributed by atoms with Gasteiger partial charge in [0.15, 0.2) is 0 Å². The van der Waals surface area contributed by atoms with Crippen LogP contribution in [0.5, 0.6) is 0 Å². The van der Waals surface area contributed by atoms with Gasteiger partial charge in [0.1, 0.15) is 5.82 Å². The van der Waals surface area contributed by atoms with Crippen LogP contribution in [-0.4, -0.2) is 0 Å². The van der Waals surface area contributed by atoms with Crippen molar-refractivity contribution >= 4 is 5.69 Å². The van der Waals surface area contributed by atoms with Gasteiger partial charge in [0, 0.05) is 5.69 Å². The quantitative estimate of drug-likeness (QED) is 0.612. The molecule has 0 fully saturated rings. The van der Waals surface area contributed by atoms with E-state index < -0.39 is 0 Å². The number of nitrogens with two attached hydrogens (primary N) is 1. The Kier molecular flexibility index (Phi) is 3.54. The van der Waals surface area contributed by atoms with Gasteiger partial charge in [-0.3, -0.25) is 0 Å². The second-order valence-electron chi connectivity index (χ2n) is 2.20. The van der Waals surface area contributed by atoms with Gasteiger partial charge in [-0.05, 0) is 24.1 Å². The molecule has 0 atom stereocenters. The molecule has 0 bridgehead atoms. The number of rotatable bonds is 1. The first-order valence-corrected chi connectivity index (χ1v) is 3.28. The summed E-state index contributed by atoms with van der Waals surface area (Å²) in [5.74, 6) is -0.269. The molecule has 0 aliphatic heterocycles. The molecule has 1 aromatic rings. The van der Waals surface area contributed by atoms with Crippen LogP contribution in [0.2, 0.25) is 0 Å². The fraction of sp³-hybridized carbons (Fsp3) is 0.250. The summed E-state index contributed by atoms with van der Waals surface area (Å²) in [6.07, 6.45) is 0.853. The lowest BCUT2D eigenvalue weighted by atomic mass is 10.1. The minimum Gasteiger partial charge on any atom is -0.398 e. The van der Waals surface area contributed by atoms with Crippen LogP contribution < -0.4 is 11.9 Å². The average molecular weight is 156 g/mol. The molecule has 0 unspecified atom stereocenters. The van der Waals surface area contributed by atoms with Crippen molar-refractivity contribution in [3.05, 3.63) is 29.6 Å². The third-order valence-corrected chi connectivity index (χ3v) is 1.49. The van der Waals surface area contributed by atoms with Crippen molar-refractivity contribution in [3.63, 3.8) is 0 Å². The van der Waals surface area contributed by atoms with E-state index in [0.29, 0.717) is 5.69 Å². The summed E-state index contributed by atoms with van der Waals surface area (Å²) in [5.41, 5.74) is 7.04. The van der Waals surface area contributed by atoms with Crippen molar-refractivity contribution in [1.82, 2.24) is 6.15 Å². The largest absolute Gasteiger partial charge is 0.398 e. The van der Waals surface area contributed by atoms with E-state index >= 15 is 0 Å². The lowest BCUT2D eigenvalue weighted by molar-refractivity contribution is 0.628. The van der Waals surface area contributed by atoms with E-state index in [2.05, 4.69) is 0 Å². The number of anilines is 1. The summed E-state index contributed by atoms with van der Waals surface area (Å²) in [5, 5.41) is 0. The Hall–Kier alpha value is -1.09. The van der Waals surface area contributed by atoms with Crippen molar-refractivity contribution in [1.29, 1.82) is 0 Å². The molecule has 0 heterocycles. The van der Waals surface area contributed by atoms with Gasteiger partial charge in [-0.15, -0.1) is 0 Å². The standard InChI is InChI=1S/C8H10FN.H3N/c1-2-6-3-4-7(9)5-8(6)10;/h3-5H,2,10H2,1H3;1H3. The molecule has 0 radical (unpaired) electrons. The van der Waals surface area contributed by atoms with Crippen molar-refractivity contribution in [2.45, 2.75) is 13.3 Å². The highest BCUT2D eigenvalue weighted by atomic mass is 19.1. The summed E-state index contributed by atoms with van der Waals surface area (Å²) >= 11 is 0. The van der Waals surface area contributed by atoms with Crippen LogP contribution in [0.4, 0.5) is 10.1 Å². The normalized spacial score (nSPS) is 8.91. The molecule has 11 heavy (non-hydrogen) atoms. The molecule has 0 aliphatic rings. The lowest BCUT2D eigenvalue weighted by Gasteiger charge is -2.00. The predicted octanol–water partition coefficient (Wildman–Crippen LogP) is 2.13. The molecule has 1 rings (SSSR count). The van der Waals surface area contributed by atoms with Crippen molar-refractivity contribution < 1.29 is 4.39 Å². The molecule has 1 aromatic carbocycles. The molecule has 0 aliphatic carbocycles.